The summed E-state index contributed by atoms with van der Waals surface area (Å²) in [7, 11) is 1.98. The van der Waals surface area contributed by atoms with E-state index < -0.39 is 0 Å². The second-order valence-electron chi connectivity index (χ2n) is 4.48. The predicted octanol–water partition coefficient (Wildman–Crippen LogP) is 2.54. The number of rotatable bonds is 5. The van der Waals surface area contributed by atoms with Crippen LogP contribution in [-0.2, 0) is 6.54 Å². The minimum absolute atomic E-state index is 0.485. The molecule has 17 heavy (non-hydrogen) atoms. The van der Waals surface area contributed by atoms with Crippen LogP contribution >= 0.6 is 0 Å². The molecular weight excluding hydrogens is 208 g/mol. The smallest absolute Gasteiger partial charge is 0.0214 e. The normalized spacial score (nSPS) is 12.8. The quantitative estimate of drug-likeness (QED) is 0.822. The Bertz CT molecular complexity index is 474. The first-order valence-electron chi connectivity index (χ1n) is 6.16. The van der Waals surface area contributed by atoms with Gasteiger partial charge in [-0.3, -0.25) is 0 Å². The molecule has 0 saturated heterocycles. The number of fused-ring (bicyclic) bond motifs is 1. The number of hydrogen-bond donors (Lipinski definition) is 2. The van der Waals surface area contributed by atoms with E-state index >= 15 is 0 Å². The van der Waals surface area contributed by atoms with Gasteiger partial charge in [0.1, 0.15) is 0 Å². The second kappa shape index (κ2) is 5.80. The highest BCUT2D eigenvalue weighted by atomic mass is 15.0. The van der Waals surface area contributed by atoms with Gasteiger partial charge in [0, 0.05) is 19.1 Å². The standard InChI is InChI=1S/C15H20N2/c1-12(10-16-2)17-11-14-8-5-7-13-6-3-4-9-15(13)14/h3-9,12,16-17H,10-11H2,1-2H3. The van der Waals surface area contributed by atoms with Crippen molar-refractivity contribution in [3.63, 3.8) is 0 Å². The van der Waals surface area contributed by atoms with Crippen LogP contribution in [0.25, 0.3) is 10.8 Å². The lowest BCUT2D eigenvalue weighted by Crippen LogP contribution is -2.34. The lowest BCUT2D eigenvalue weighted by atomic mass is 10.0. The minimum Gasteiger partial charge on any atom is -0.318 e. The molecule has 2 N–H and O–H groups in total. The molecule has 1 atom stereocenters. The molecule has 2 aromatic rings. The van der Waals surface area contributed by atoms with Gasteiger partial charge in [-0.1, -0.05) is 42.5 Å². The van der Waals surface area contributed by atoms with Crippen molar-refractivity contribution >= 4 is 10.8 Å². The van der Waals surface area contributed by atoms with E-state index in [1.807, 2.05) is 7.05 Å². The Morgan fingerprint density at radius 3 is 2.65 bits per heavy atom. The Hall–Kier alpha value is -1.38. The van der Waals surface area contributed by atoms with Crippen LogP contribution in [0.15, 0.2) is 42.5 Å². The first kappa shape index (κ1) is 12.1. The zero-order valence-electron chi connectivity index (χ0n) is 10.5. The average molecular weight is 228 g/mol. The van der Waals surface area contributed by atoms with E-state index in [1.165, 1.54) is 16.3 Å². The maximum absolute atomic E-state index is 3.53. The van der Waals surface area contributed by atoms with Crippen LogP contribution in [-0.4, -0.2) is 19.6 Å². The van der Waals surface area contributed by atoms with Crippen molar-refractivity contribution in [1.29, 1.82) is 0 Å². The zero-order valence-corrected chi connectivity index (χ0v) is 10.5. The van der Waals surface area contributed by atoms with Gasteiger partial charge in [0.15, 0.2) is 0 Å². The number of benzene rings is 2. The van der Waals surface area contributed by atoms with Crippen LogP contribution in [0.4, 0.5) is 0 Å². The van der Waals surface area contributed by atoms with Gasteiger partial charge in [-0.15, -0.1) is 0 Å². The molecule has 0 amide bonds. The molecule has 0 aliphatic rings. The van der Waals surface area contributed by atoms with E-state index in [9.17, 15) is 0 Å². The largest absolute Gasteiger partial charge is 0.318 e. The molecule has 0 radical (unpaired) electrons. The third kappa shape index (κ3) is 3.05. The number of hydrogen-bond acceptors (Lipinski definition) is 2. The molecule has 0 aromatic heterocycles. The molecule has 2 aromatic carbocycles. The fraction of sp³-hybridized carbons (Fsp3) is 0.333. The van der Waals surface area contributed by atoms with E-state index in [1.54, 1.807) is 0 Å². The Labute approximate surface area is 103 Å². The van der Waals surface area contributed by atoms with E-state index in [-0.39, 0.29) is 0 Å². The minimum atomic E-state index is 0.485. The van der Waals surface area contributed by atoms with Gasteiger partial charge in [-0.05, 0) is 30.3 Å². The Balaban J connectivity index is 2.13. The van der Waals surface area contributed by atoms with Crippen molar-refractivity contribution in [3.05, 3.63) is 48.0 Å². The van der Waals surface area contributed by atoms with E-state index in [4.69, 9.17) is 0 Å². The summed E-state index contributed by atoms with van der Waals surface area (Å²) in [5.41, 5.74) is 1.37. The molecule has 2 heteroatoms. The zero-order chi connectivity index (χ0) is 12.1. The molecule has 2 nitrogen and oxygen atoms in total. The van der Waals surface area contributed by atoms with E-state index in [2.05, 4.69) is 60.0 Å². The molecule has 0 heterocycles. The van der Waals surface area contributed by atoms with E-state index in [0.717, 1.165) is 13.1 Å². The highest BCUT2D eigenvalue weighted by molar-refractivity contribution is 5.85. The Kier molecular flexibility index (Phi) is 4.13. The maximum atomic E-state index is 3.53. The van der Waals surface area contributed by atoms with Crippen molar-refractivity contribution in [2.45, 2.75) is 19.5 Å². The molecule has 90 valence electrons. The number of nitrogens with one attached hydrogen (secondary N) is 2. The second-order valence-corrected chi connectivity index (χ2v) is 4.48. The molecule has 0 fully saturated rings. The molecule has 2 rings (SSSR count). The molecule has 0 aliphatic carbocycles. The van der Waals surface area contributed by atoms with Crippen molar-refractivity contribution in [2.75, 3.05) is 13.6 Å². The van der Waals surface area contributed by atoms with Gasteiger partial charge in [0.2, 0.25) is 0 Å². The highest BCUT2D eigenvalue weighted by Gasteiger charge is 2.02. The lowest BCUT2D eigenvalue weighted by molar-refractivity contribution is 0.524. The van der Waals surface area contributed by atoms with Gasteiger partial charge in [-0.25, -0.2) is 0 Å². The summed E-state index contributed by atoms with van der Waals surface area (Å²) in [4.78, 5) is 0. The lowest BCUT2D eigenvalue weighted by Gasteiger charge is -2.14. The maximum Gasteiger partial charge on any atom is 0.0214 e. The van der Waals surface area contributed by atoms with Crippen molar-refractivity contribution < 1.29 is 0 Å². The Morgan fingerprint density at radius 2 is 1.82 bits per heavy atom. The van der Waals surface area contributed by atoms with Gasteiger partial charge in [0.25, 0.3) is 0 Å². The van der Waals surface area contributed by atoms with Crippen LogP contribution in [0.5, 0.6) is 0 Å². The highest BCUT2D eigenvalue weighted by Crippen LogP contribution is 2.18. The van der Waals surface area contributed by atoms with E-state index in [0.29, 0.717) is 6.04 Å². The van der Waals surface area contributed by atoms with Gasteiger partial charge >= 0.3 is 0 Å². The number of likely N-dealkylation sites (N-methyl/N-ethyl adjacent to an activating group) is 1. The first-order chi connectivity index (χ1) is 8.31. The van der Waals surface area contributed by atoms with Crippen molar-refractivity contribution in [2.24, 2.45) is 0 Å². The average Bonchev–Trinajstić information content (AvgIpc) is 2.36. The van der Waals surface area contributed by atoms with Gasteiger partial charge < -0.3 is 10.6 Å². The monoisotopic (exact) mass is 228 g/mol. The summed E-state index contributed by atoms with van der Waals surface area (Å²) < 4.78 is 0. The Morgan fingerprint density at radius 1 is 1.06 bits per heavy atom. The summed E-state index contributed by atoms with van der Waals surface area (Å²) in [6, 6.07) is 15.5. The van der Waals surface area contributed by atoms with Crippen molar-refractivity contribution in [1.82, 2.24) is 10.6 Å². The van der Waals surface area contributed by atoms with Crippen LogP contribution in [0, 0.1) is 0 Å². The molecule has 0 bridgehead atoms. The fourth-order valence-corrected chi connectivity index (χ4v) is 2.11. The fourth-order valence-electron chi connectivity index (χ4n) is 2.11. The molecule has 0 saturated carbocycles. The van der Waals surface area contributed by atoms with Crippen molar-refractivity contribution in [3.8, 4) is 0 Å². The summed E-state index contributed by atoms with van der Waals surface area (Å²) in [6.07, 6.45) is 0. The molecule has 0 aliphatic heterocycles. The third-order valence-electron chi connectivity index (χ3n) is 3.03. The molecule has 0 spiro atoms. The predicted molar refractivity (Wildman–Crippen MR) is 74.2 cm³/mol. The third-order valence-corrected chi connectivity index (χ3v) is 3.03. The van der Waals surface area contributed by atoms with Crippen LogP contribution in [0.2, 0.25) is 0 Å². The summed E-state index contributed by atoms with van der Waals surface area (Å²) >= 11 is 0. The van der Waals surface area contributed by atoms with Gasteiger partial charge in [-0.2, -0.15) is 0 Å². The summed E-state index contributed by atoms with van der Waals surface area (Å²) in [6.45, 7) is 4.11. The summed E-state index contributed by atoms with van der Waals surface area (Å²) in [5.74, 6) is 0. The summed E-state index contributed by atoms with van der Waals surface area (Å²) in [5, 5.41) is 9.37. The molecule has 1 unspecified atom stereocenters. The first-order valence-corrected chi connectivity index (χ1v) is 6.16. The van der Waals surface area contributed by atoms with Crippen LogP contribution in [0.3, 0.4) is 0 Å². The van der Waals surface area contributed by atoms with Crippen LogP contribution in [0.1, 0.15) is 12.5 Å². The van der Waals surface area contributed by atoms with Gasteiger partial charge in [0.05, 0.1) is 0 Å². The molecular formula is C15H20N2. The van der Waals surface area contributed by atoms with Crippen LogP contribution < -0.4 is 10.6 Å². The SMILES string of the molecule is CNCC(C)NCc1cccc2ccccc12. The topological polar surface area (TPSA) is 24.1 Å².